The summed E-state index contributed by atoms with van der Waals surface area (Å²) in [5, 5.41) is 5.60. The Morgan fingerprint density at radius 3 is 2.59 bits per heavy atom. The lowest BCUT2D eigenvalue weighted by atomic mass is 9.74. The van der Waals surface area contributed by atoms with Gasteiger partial charge in [0, 0.05) is 60.7 Å². The standard InChI is InChI=1S/C26H35BrClF3N4O4/c27-14-10-18(25(38)34-6-8-39-9-7-34)23(19(11-14)26(29,30)31)35-5-4-15(13-35)32-24(37)17-12-21(36)33-22-16(17)2-1-3-20(22)28/h12,14-16,18-20,22-23H,1-11,13H2,(H,32,37)(H,33,36)/t14?,15-,16?,18?,19?,20?,22?,23?/m1/s1. The fourth-order valence-electron chi connectivity index (χ4n) is 7.12. The second-order valence-corrected chi connectivity index (χ2v) is 13.2. The molecule has 0 aromatic carbocycles. The molecule has 3 heterocycles. The van der Waals surface area contributed by atoms with Gasteiger partial charge in [0.1, 0.15) is 0 Å². The average Bonchev–Trinajstić information content (AvgIpc) is 3.35. The molecule has 0 spiro atoms. The SMILES string of the molecule is O=C1C=C(C(=O)N[C@@H]2CCN(C3C(C(=O)N4CCOCC4)CC(Br)CC3C(F)(F)F)C2)C2CCCC(Cl)C2N1. The van der Waals surface area contributed by atoms with E-state index in [1.165, 1.54) is 6.08 Å². The Balaban J connectivity index is 1.31. The highest BCUT2D eigenvalue weighted by atomic mass is 79.9. The van der Waals surface area contributed by atoms with E-state index in [-0.39, 0.29) is 54.1 Å². The molecule has 2 saturated carbocycles. The predicted molar refractivity (Wildman–Crippen MR) is 141 cm³/mol. The molecular formula is C26H35BrClF3N4O4. The lowest BCUT2D eigenvalue weighted by molar-refractivity contribution is -0.205. The second-order valence-electron chi connectivity index (χ2n) is 11.4. The van der Waals surface area contributed by atoms with E-state index in [1.54, 1.807) is 9.80 Å². The van der Waals surface area contributed by atoms with E-state index in [0.29, 0.717) is 51.3 Å². The van der Waals surface area contributed by atoms with Crippen LogP contribution >= 0.6 is 27.5 Å². The molecule has 4 fully saturated rings. The number of likely N-dealkylation sites (tertiary alicyclic amines) is 1. The van der Waals surface area contributed by atoms with Gasteiger partial charge in [-0.25, -0.2) is 0 Å². The predicted octanol–water partition coefficient (Wildman–Crippen LogP) is 2.59. The van der Waals surface area contributed by atoms with Crippen LogP contribution < -0.4 is 10.6 Å². The molecule has 3 amide bonds. The first kappa shape index (κ1) is 29.1. The maximum atomic E-state index is 14.4. The van der Waals surface area contributed by atoms with Crippen LogP contribution in [0.5, 0.6) is 0 Å². The molecule has 0 radical (unpaired) electrons. The van der Waals surface area contributed by atoms with Crippen LogP contribution in [0.1, 0.15) is 38.5 Å². The van der Waals surface area contributed by atoms with Crippen molar-refractivity contribution >= 4 is 45.3 Å². The van der Waals surface area contributed by atoms with Crippen molar-refractivity contribution in [3.63, 3.8) is 0 Å². The highest BCUT2D eigenvalue weighted by Crippen LogP contribution is 2.46. The third-order valence-corrected chi connectivity index (χ3v) is 10.2. The monoisotopic (exact) mass is 638 g/mol. The number of hydrogen-bond donors (Lipinski definition) is 2. The normalized spacial score (nSPS) is 38.0. The van der Waals surface area contributed by atoms with Gasteiger partial charge in [0.2, 0.25) is 17.7 Å². The number of carbonyl (C=O) groups excluding carboxylic acids is 3. The summed E-state index contributed by atoms with van der Waals surface area (Å²) in [6, 6.07) is -1.69. The van der Waals surface area contributed by atoms with Crippen LogP contribution in [0.4, 0.5) is 13.2 Å². The van der Waals surface area contributed by atoms with Crippen molar-refractivity contribution in [3.05, 3.63) is 11.6 Å². The largest absolute Gasteiger partial charge is 0.393 e. The summed E-state index contributed by atoms with van der Waals surface area (Å²) < 4.78 is 48.4. The summed E-state index contributed by atoms with van der Waals surface area (Å²) in [6.07, 6.45) is -0.0990. The van der Waals surface area contributed by atoms with Gasteiger partial charge < -0.3 is 20.3 Å². The van der Waals surface area contributed by atoms with E-state index in [1.807, 2.05) is 0 Å². The summed E-state index contributed by atoms with van der Waals surface area (Å²) in [7, 11) is 0. The Bertz CT molecular complexity index is 995. The van der Waals surface area contributed by atoms with Gasteiger partial charge in [-0.2, -0.15) is 13.2 Å². The zero-order valence-electron chi connectivity index (χ0n) is 21.6. The highest BCUT2D eigenvalue weighted by molar-refractivity contribution is 9.09. The van der Waals surface area contributed by atoms with Crippen LogP contribution in [-0.4, -0.2) is 101 Å². The van der Waals surface area contributed by atoms with Crippen LogP contribution in [0.25, 0.3) is 0 Å². The molecule has 3 aliphatic heterocycles. The highest BCUT2D eigenvalue weighted by Gasteiger charge is 2.56. The summed E-state index contributed by atoms with van der Waals surface area (Å²) in [5.74, 6) is -3.63. The van der Waals surface area contributed by atoms with Gasteiger partial charge in [-0.1, -0.05) is 22.4 Å². The number of nitrogens with zero attached hydrogens (tertiary/aromatic N) is 2. The van der Waals surface area contributed by atoms with Crippen molar-refractivity contribution in [2.75, 3.05) is 39.4 Å². The van der Waals surface area contributed by atoms with Crippen molar-refractivity contribution in [3.8, 4) is 0 Å². The molecule has 5 rings (SSSR count). The van der Waals surface area contributed by atoms with Gasteiger partial charge in [-0.3, -0.25) is 19.3 Å². The first-order valence-corrected chi connectivity index (χ1v) is 15.2. The van der Waals surface area contributed by atoms with Gasteiger partial charge in [0.25, 0.3) is 0 Å². The molecule has 39 heavy (non-hydrogen) atoms. The number of carbonyl (C=O) groups is 3. The van der Waals surface area contributed by atoms with Crippen LogP contribution in [0.3, 0.4) is 0 Å². The molecule has 7 unspecified atom stereocenters. The molecule has 0 aromatic heterocycles. The van der Waals surface area contributed by atoms with Crippen LogP contribution in [-0.2, 0) is 19.1 Å². The molecular weight excluding hydrogens is 605 g/mol. The van der Waals surface area contributed by atoms with Crippen molar-refractivity contribution in [1.82, 2.24) is 20.4 Å². The summed E-state index contributed by atoms with van der Waals surface area (Å²) >= 11 is 9.84. The number of hydrogen-bond acceptors (Lipinski definition) is 5. The first-order chi connectivity index (χ1) is 18.5. The van der Waals surface area contributed by atoms with E-state index < -0.39 is 28.9 Å². The van der Waals surface area contributed by atoms with Gasteiger partial charge in [-0.15, -0.1) is 11.6 Å². The first-order valence-electron chi connectivity index (χ1n) is 13.8. The van der Waals surface area contributed by atoms with Crippen molar-refractivity contribution in [1.29, 1.82) is 0 Å². The van der Waals surface area contributed by atoms with Gasteiger partial charge in [0.15, 0.2) is 0 Å². The lowest BCUT2D eigenvalue weighted by Gasteiger charge is -2.46. The second kappa shape index (κ2) is 11.9. The summed E-state index contributed by atoms with van der Waals surface area (Å²) in [5.41, 5.74) is 0.390. The van der Waals surface area contributed by atoms with Crippen molar-refractivity contribution < 1.29 is 32.3 Å². The lowest BCUT2D eigenvalue weighted by Crippen LogP contribution is -2.59. The number of morpholine rings is 1. The fourth-order valence-corrected chi connectivity index (χ4v) is 8.32. The van der Waals surface area contributed by atoms with Crippen molar-refractivity contribution in [2.45, 2.75) is 73.0 Å². The van der Waals surface area contributed by atoms with E-state index in [4.69, 9.17) is 16.3 Å². The Morgan fingerprint density at radius 1 is 1.13 bits per heavy atom. The molecule has 5 aliphatic rings. The Kier molecular flexibility index (Phi) is 8.86. The summed E-state index contributed by atoms with van der Waals surface area (Å²) in [6.45, 7) is 2.06. The molecule has 0 aromatic rings. The minimum atomic E-state index is -4.46. The molecule has 0 bridgehead atoms. The van der Waals surface area contributed by atoms with E-state index in [9.17, 15) is 27.6 Å². The number of halogens is 5. The third-order valence-electron chi connectivity index (χ3n) is 8.96. The van der Waals surface area contributed by atoms with Gasteiger partial charge in [-0.05, 0) is 32.1 Å². The van der Waals surface area contributed by atoms with E-state index in [0.717, 1.165) is 19.3 Å². The molecule has 8 nitrogen and oxygen atoms in total. The van der Waals surface area contributed by atoms with Crippen LogP contribution in [0, 0.1) is 17.8 Å². The minimum Gasteiger partial charge on any atom is -0.378 e. The Hall–Kier alpha value is -1.37. The maximum Gasteiger partial charge on any atom is 0.393 e. The zero-order valence-corrected chi connectivity index (χ0v) is 23.9. The smallest absolute Gasteiger partial charge is 0.378 e. The zero-order chi connectivity index (χ0) is 27.9. The number of alkyl halides is 5. The van der Waals surface area contributed by atoms with E-state index >= 15 is 0 Å². The molecule has 2 N–H and O–H groups in total. The number of fused-ring (bicyclic) bond motifs is 1. The third kappa shape index (κ3) is 6.28. The summed E-state index contributed by atoms with van der Waals surface area (Å²) in [4.78, 5) is 42.1. The van der Waals surface area contributed by atoms with Crippen molar-refractivity contribution in [2.24, 2.45) is 17.8 Å². The maximum absolute atomic E-state index is 14.4. The fraction of sp³-hybridized carbons (Fsp3) is 0.808. The Labute approximate surface area is 239 Å². The van der Waals surface area contributed by atoms with Crippen LogP contribution in [0.2, 0.25) is 0 Å². The number of ether oxygens (including phenoxy) is 1. The topological polar surface area (TPSA) is 91.0 Å². The molecule has 13 heteroatoms. The number of nitrogens with one attached hydrogen (secondary N) is 2. The Morgan fingerprint density at radius 2 is 1.87 bits per heavy atom. The van der Waals surface area contributed by atoms with E-state index in [2.05, 4.69) is 26.6 Å². The molecule has 218 valence electrons. The minimum absolute atomic E-state index is 0.0980. The molecule has 8 atom stereocenters. The number of rotatable bonds is 4. The average molecular weight is 640 g/mol. The molecule has 2 saturated heterocycles. The molecule has 2 aliphatic carbocycles. The van der Waals surface area contributed by atoms with Gasteiger partial charge in [0.05, 0.1) is 36.5 Å². The van der Waals surface area contributed by atoms with Gasteiger partial charge >= 0.3 is 6.18 Å². The number of amides is 3. The quantitative estimate of drug-likeness (QED) is 0.462. The van der Waals surface area contributed by atoms with Crippen LogP contribution in [0.15, 0.2) is 11.6 Å².